The first-order valence-corrected chi connectivity index (χ1v) is 31.7. The lowest BCUT2D eigenvalue weighted by Crippen LogP contribution is -2.62. The van der Waals surface area contributed by atoms with Crippen molar-refractivity contribution in [3.63, 3.8) is 0 Å². The molecule has 10 atom stereocenters. The average molecular weight is 1170 g/mol. The van der Waals surface area contributed by atoms with Crippen molar-refractivity contribution in [1.29, 1.82) is 0 Å². The van der Waals surface area contributed by atoms with Crippen LogP contribution in [0.2, 0.25) is 0 Å². The zero-order chi connectivity index (χ0) is 58.2. The molecule has 9 fully saturated rings. The summed E-state index contributed by atoms with van der Waals surface area (Å²) in [5.74, 6) is -0.112. The number of aromatic nitrogens is 1. The summed E-state index contributed by atoms with van der Waals surface area (Å²) in [5.41, 5.74) is 6.03. The molecule has 3 N–H and O–H groups in total. The second kappa shape index (κ2) is 23.4. The third kappa shape index (κ3) is 12.1. The molecule has 7 saturated heterocycles. The van der Waals surface area contributed by atoms with Gasteiger partial charge < -0.3 is 38.6 Å². The number of ether oxygens (including phenoxy) is 4. The van der Waals surface area contributed by atoms with Gasteiger partial charge in [0.15, 0.2) is 0 Å². The van der Waals surface area contributed by atoms with Crippen molar-refractivity contribution in [2.45, 2.75) is 171 Å². The topological polar surface area (TPSA) is 188 Å². The van der Waals surface area contributed by atoms with Crippen LogP contribution in [0, 0.1) is 22.7 Å². The molecule has 10 heterocycles. The van der Waals surface area contributed by atoms with Gasteiger partial charge in [-0.3, -0.25) is 49.2 Å². The zero-order valence-electron chi connectivity index (χ0n) is 49.6. The Balaban J connectivity index is 0.820. The van der Waals surface area contributed by atoms with Gasteiger partial charge in [-0.25, -0.2) is 5.43 Å². The number of carbonyl (C=O) groups excluding carboxylic acids is 4. The third-order valence-corrected chi connectivity index (χ3v) is 20.9. The first-order chi connectivity index (χ1) is 40.4. The summed E-state index contributed by atoms with van der Waals surface area (Å²) < 4.78 is 72.0. The number of hydrazine groups is 1. The van der Waals surface area contributed by atoms with Crippen molar-refractivity contribution in [2.24, 2.45) is 27.7 Å². The van der Waals surface area contributed by atoms with E-state index in [1.807, 2.05) is 39.1 Å². The van der Waals surface area contributed by atoms with Gasteiger partial charge in [0.25, 0.3) is 5.91 Å². The number of anilines is 1. The average Bonchev–Trinajstić information content (AvgIpc) is 1.84. The molecule has 1 unspecified atom stereocenters. The van der Waals surface area contributed by atoms with E-state index in [9.17, 15) is 9.59 Å². The maximum Gasteiger partial charge on any atom is 0.406 e. The van der Waals surface area contributed by atoms with Gasteiger partial charge in [0.2, 0.25) is 11.8 Å². The van der Waals surface area contributed by atoms with E-state index in [2.05, 4.69) is 40.6 Å². The maximum atomic E-state index is 15.3. The highest BCUT2D eigenvalue weighted by atomic mass is 19.4. The molecule has 2 aliphatic carbocycles. The van der Waals surface area contributed by atoms with Crippen molar-refractivity contribution >= 4 is 52.1 Å². The van der Waals surface area contributed by atoms with E-state index in [-0.39, 0.29) is 66.6 Å². The predicted molar refractivity (Wildman–Crippen MR) is 310 cm³/mol. The monoisotopic (exact) mass is 1170 g/mol. The number of fused-ring (bicyclic) bond motifs is 7. The van der Waals surface area contributed by atoms with Crippen LogP contribution in [0.25, 0.3) is 16.5 Å². The standard InChI is InChI=1S/C62H88F3N11O8/c1-38(81-4)51-46(27-42(30-66-51)71-21-20-70-22-24-82-33-43(70)31-71)55-47-29-60(2,3)37-84-59(80)48-10-7-17-76(69-48)57(78)49(28-44-32-72(23-25-83-44)41-13-14-50(45(47)26-41)75(55)36-62(63,64)65)67-56(77)54(40-8-5-6-9-40)73-18-15-61(34-73)16-19-74(35-61)58(79)53-52(68-53)39-11-12-39/h13-14,26,30,38-40,42-44,48-49,52-54,68-69H,5-12,15-25,27-29,31-37H2,1-4H3,(H,67,77)/t38-,42?,43-,44-,48-,49-,52+,53+,54-,61-/m0/s1. The van der Waals surface area contributed by atoms with Gasteiger partial charge in [0.1, 0.15) is 24.7 Å². The molecule has 13 rings (SSSR count). The molecule has 11 aliphatic rings. The number of piperazine rings is 1. The Bertz CT molecular complexity index is 2890. The largest absolute Gasteiger partial charge is 0.464 e. The molecule has 6 bridgehead atoms. The molecule has 460 valence electrons. The molecule has 1 aromatic heterocycles. The molecule has 3 amide bonds. The number of benzene rings is 1. The van der Waals surface area contributed by atoms with Gasteiger partial charge in [-0.05, 0) is 113 Å². The van der Waals surface area contributed by atoms with Gasteiger partial charge in [-0.2, -0.15) is 13.2 Å². The van der Waals surface area contributed by atoms with Crippen LogP contribution in [0.4, 0.5) is 18.9 Å². The van der Waals surface area contributed by atoms with E-state index < -0.39 is 54.4 Å². The van der Waals surface area contributed by atoms with Crippen molar-refractivity contribution < 1.29 is 51.3 Å². The fourth-order valence-electron chi connectivity index (χ4n) is 16.2. The predicted octanol–water partition coefficient (Wildman–Crippen LogP) is 4.74. The second-order valence-corrected chi connectivity index (χ2v) is 27.5. The van der Waals surface area contributed by atoms with Crippen LogP contribution in [0.5, 0.6) is 0 Å². The molecule has 22 heteroatoms. The number of hydrogen-bond acceptors (Lipinski definition) is 15. The number of aliphatic imine (C=N–C) groups is 1. The SMILES string of the molecule is CO[C@@H](C)C1=C(c2c3c4cc(ccc4n2CC(F)(F)F)N2CCO[C@@H](C[C@H](NC(=O)[C@H](C4CCCC4)N4CC[C@]5(CCN(C(=O)[C@@H]6N[C@@H]6C6CC6)C5)C4)C(=O)N4CCC[C@H](N4)C(=O)OCC(C)(C)C3)C2)CC(N2CCN3CCOC[C@@H]3C2)C=N1. The minimum absolute atomic E-state index is 0.0466. The number of nitrogens with zero attached hydrogens (tertiary/aromatic N) is 8. The number of amides is 3. The van der Waals surface area contributed by atoms with Crippen LogP contribution >= 0.6 is 0 Å². The Kier molecular flexibility index (Phi) is 16.3. The lowest BCUT2D eigenvalue weighted by Gasteiger charge is -2.46. The van der Waals surface area contributed by atoms with Crippen LogP contribution in [-0.4, -0.2) is 225 Å². The Morgan fingerprint density at radius 2 is 1.75 bits per heavy atom. The number of cyclic esters (lactones) is 1. The second-order valence-electron chi connectivity index (χ2n) is 27.5. The summed E-state index contributed by atoms with van der Waals surface area (Å²) in [4.78, 5) is 75.0. The highest BCUT2D eigenvalue weighted by molar-refractivity contribution is 5.95. The summed E-state index contributed by atoms with van der Waals surface area (Å²) in [6, 6.07) is 3.65. The van der Waals surface area contributed by atoms with E-state index in [1.165, 1.54) is 22.4 Å². The first-order valence-electron chi connectivity index (χ1n) is 31.7. The molecule has 0 radical (unpaired) electrons. The number of esters is 1. The molecule has 2 saturated carbocycles. The first kappa shape index (κ1) is 58.3. The Labute approximate surface area is 491 Å². The number of likely N-dealkylation sites (tertiary alicyclic amines) is 2. The van der Waals surface area contributed by atoms with Gasteiger partial charge in [0, 0.05) is 136 Å². The molecule has 1 aromatic carbocycles. The van der Waals surface area contributed by atoms with Crippen molar-refractivity contribution in [3.05, 3.63) is 35.2 Å². The van der Waals surface area contributed by atoms with Crippen molar-refractivity contribution in [2.75, 3.05) is 110 Å². The van der Waals surface area contributed by atoms with E-state index in [0.29, 0.717) is 117 Å². The van der Waals surface area contributed by atoms with E-state index in [4.69, 9.17) is 23.9 Å². The highest BCUT2D eigenvalue weighted by Gasteiger charge is 2.55. The number of methoxy groups -OCH3 is 1. The van der Waals surface area contributed by atoms with Gasteiger partial charge in [-0.15, -0.1) is 0 Å². The molecule has 84 heavy (non-hydrogen) atoms. The lowest BCUT2D eigenvalue weighted by molar-refractivity contribution is -0.156. The molecule has 1 spiro atoms. The van der Waals surface area contributed by atoms with Crippen LogP contribution < -0.4 is 21.0 Å². The molecular formula is C62H88F3N11O8. The Hall–Kier alpha value is -4.68. The number of morpholine rings is 2. The normalized spacial score (nSPS) is 32.9. The molecule has 2 aromatic rings. The number of halogens is 3. The third-order valence-electron chi connectivity index (χ3n) is 20.9. The summed E-state index contributed by atoms with van der Waals surface area (Å²) in [7, 11) is 1.59. The van der Waals surface area contributed by atoms with Crippen molar-refractivity contribution in [1.82, 2.24) is 45.2 Å². The van der Waals surface area contributed by atoms with E-state index in [0.717, 1.165) is 83.5 Å². The number of alkyl halides is 3. The summed E-state index contributed by atoms with van der Waals surface area (Å²) in [5, 5.41) is 8.93. The summed E-state index contributed by atoms with van der Waals surface area (Å²) >= 11 is 0. The lowest BCUT2D eigenvalue weighted by atomic mass is 9.83. The van der Waals surface area contributed by atoms with E-state index >= 15 is 22.8 Å². The number of hydrogen-bond donors (Lipinski definition) is 3. The minimum Gasteiger partial charge on any atom is -0.464 e. The van der Waals surface area contributed by atoms with Gasteiger partial charge >= 0.3 is 12.1 Å². The van der Waals surface area contributed by atoms with Gasteiger partial charge in [-0.1, -0.05) is 26.7 Å². The Morgan fingerprint density at radius 1 is 0.940 bits per heavy atom. The van der Waals surface area contributed by atoms with Gasteiger partial charge in [0.05, 0.1) is 56.1 Å². The van der Waals surface area contributed by atoms with Crippen LogP contribution in [0.1, 0.15) is 109 Å². The fraction of sp³-hybridized carbons (Fsp3) is 0.758. The number of rotatable bonds is 11. The smallest absolute Gasteiger partial charge is 0.406 e. The summed E-state index contributed by atoms with van der Waals surface area (Å²) in [6.07, 6.45) is 6.14. The minimum atomic E-state index is -4.59. The number of carbonyl (C=O) groups is 4. The molecule has 9 aliphatic heterocycles. The van der Waals surface area contributed by atoms with Crippen LogP contribution in [-0.2, 0) is 51.1 Å². The van der Waals surface area contributed by atoms with Crippen LogP contribution in [0.3, 0.4) is 0 Å². The molecule has 19 nitrogen and oxygen atoms in total. The van der Waals surface area contributed by atoms with Crippen molar-refractivity contribution in [3.8, 4) is 0 Å². The quantitative estimate of drug-likeness (QED) is 0.207. The highest BCUT2D eigenvalue weighted by Crippen LogP contribution is 2.47. The van der Waals surface area contributed by atoms with E-state index in [1.54, 1.807) is 13.2 Å². The van der Waals surface area contributed by atoms with Crippen LogP contribution in [0.15, 0.2) is 28.9 Å². The maximum absolute atomic E-state index is 15.3. The number of nitrogens with one attached hydrogen (secondary N) is 3. The molecular weight excluding hydrogens is 1080 g/mol. The zero-order valence-corrected chi connectivity index (χ0v) is 49.6. The Morgan fingerprint density at radius 3 is 2.55 bits per heavy atom. The fourth-order valence-corrected chi connectivity index (χ4v) is 16.2. The summed E-state index contributed by atoms with van der Waals surface area (Å²) in [6.45, 7) is 13.5.